The third kappa shape index (κ3) is 4.86. The van der Waals surface area contributed by atoms with Gasteiger partial charge in [-0.05, 0) is 27.7 Å². The first kappa shape index (κ1) is 18.5. The zero-order chi connectivity index (χ0) is 18.5. The van der Waals surface area contributed by atoms with E-state index in [1.807, 2.05) is 27.7 Å². The van der Waals surface area contributed by atoms with Crippen LogP contribution < -0.4 is 16.0 Å². The number of rotatable bonds is 6. The minimum atomic E-state index is 0.210. The van der Waals surface area contributed by atoms with Gasteiger partial charge in [0.05, 0.1) is 36.0 Å². The molecule has 0 bridgehead atoms. The lowest BCUT2D eigenvalue weighted by molar-refractivity contribution is 0.0526. The lowest BCUT2D eigenvalue weighted by Crippen LogP contribution is -2.54. The highest BCUT2D eigenvalue weighted by atomic mass is 16.5. The zero-order valence-electron chi connectivity index (χ0n) is 15.8. The van der Waals surface area contributed by atoms with Crippen molar-refractivity contribution in [3.8, 4) is 0 Å². The molecular weight excluding hydrogens is 330 g/mol. The summed E-state index contributed by atoms with van der Waals surface area (Å²) in [6.45, 7) is 10.6. The van der Waals surface area contributed by atoms with Crippen LogP contribution in [0.15, 0.2) is 12.4 Å². The first-order valence-corrected chi connectivity index (χ1v) is 8.93. The molecule has 3 rings (SSSR count). The van der Waals surface area contributed by atoms with Crippen LogP contribution in [-0.4, -0.2) is 58.3 Å². The molecule has 0 saturated carbocycles. The van der Waals surface area contributed by atoms with Crippen LogP contribution in [0.3, 0.4) is 0 Å². The Labute approximate surface area is 154 Å². The van der Waals surface area contributed by atoms with Gasteiger partial charge in [0.15, 0.2) is 0 Å². The number of aryl methyl sites for hydroxylation is 4. The van der Waals surface area contributed by atoms with E-state index in [4.69, 9.17) is 4.74 Å². The summed E-state index contributed by atoms with van der Waals surface area (Å²) in [4.78, 5) is 17.7. The molecule has 2 aromatic rings. The van der Waals surface area contributed by atoms with Gasteiger partial charge in [-0.15, -0.1) is 0 Å². The molecule has 0 amide bonds. The molecule has 0 radical (unpaired) electrons. The molecule has 0 aliphatic carbocycles. The van der Waals surface area contributed by atoms with E-state index in [1.165, 1.54) is 0 Å². The largest absolute Gasteiger partial charge is 0.378 e. The summed E-state index contributed by atoms with van der Waals surface area (Å²) in [5, 5.41) is 10.4. The number of nitrogens with one attached hydrogen (secondary N) is 3. The Kier molecular flexibility index (Phi) is 5.95. The van der Waals surface area contributed by atoms with Crippen molar-refractivity contribution < 1.29 is 4.74 Å². The molecule has 1 saturated heterocycles. The number of ether oxygens (including phenoxy) is 1. The van der Waals surface area contributed by atoms with Gasteiger partial charge in [-0.2, -0.15) is 0 Å². The SMILES string of the molecule is Cc1cnc(C)c(NCC2COCC(CNc3nc(C)cnc3C)N2)n1. The molecule has 3 N–H and O–H groups in total. The number of aromatic nitrogens is 4. The highest BCUT2D eigenvalue weighted by Gasteiger charge is 2.22. The summed E-state index contributed by atoms with van der Waals surface area (Å²) in [5.41, 5.74) is 3.61. The summed E-state index contributed by atoms with van der Waals surface area (Å²) in [5.74, 6) is 1.66. The maximum Gasteiger partial charge on any atom is 0.147 e. The number of nitrogens with zero attached hydrogens (tertiary/aromatic N) is 4. The van der Waals surface area contributed by atoms with Gasteiger partial charge in [0.25, 0.3) is 0 Å². The molecule has 2 unspecified atom stereocenters. The average molecular weight is 357 g/mol. The Balaban J connectivity index is 1.51. The minimum absolute atomic E-state index is 0.210. The number of morpholine rings is 1. The van der Waals surface area contributed by atoms with Crippen molar-refractivity contribution in [1.82, 2.24) is 25.3 Å². The van der Waals surface area contributed by atoms with Crippen LogP contribution in [0.25, 0.3) is 0 Å². The lowest BCUT2D eigenvalue weighted by atomic mass is 10.2. The third-order valence-electron chi connectivity index (χ3n) is 4.29. The van der Waals surface area contributed by atoms with Crippen molar-refractivity contribution in [3.63, 3.8) is 0 Å². The third-order valence-corrected chi connectivity index (χ3v) is 4.29. The van der Waals surface area contributed by atoms with E-state index < -0.39 is 0 Å². The quantitative estimate of drug-likeness (QED) is 0.713. The predicted octanol–water partition coefficient (Wildman–Crippen LogP) is 1.38. The van der Waals surface area contributed by atoms with Crippen molar-refractivity contribution in [2.24, 2.45) is 0 Å². The second kappa shape index (κ2) is 8.37. The van der Waals surface area contributed by atoms with E-state index in [0.717, 1.165) is 47.5 Å². The molecular formula is C18H27N7O. The molecule has 1 fully saturated rings. The second-order valence-corrected chi connectivity index (χ2v) is 6.75. The van der Waals surface area contributed by atoms with E-state index in [9.17, 15) is 0 Å². The molecule has 140 valence electrons. The van der Waals surface area contributed by atoms with E-state index in [-0.39, 0.29) is 12.1 Å². The van der Waals surface area contributed by atoms with Gasteiger partial charge in [0, 0.05) is 37.6 Å². The molecule has 2 aromatic heterocycles. The molecule has 8 nitrogen and oxygen atoms in total. The van der Waals surface area contributed by atoms with Crippen molar-refractivity contribution in [2.75, 3.05) is 36.9 Å². The smallest absolute Gasteiger partial charge is 0.147 e. The molecule has 1 aliphatic heterocycles. The van der Waals surface area contributed by atoms with Crippen LogP contribution in [0.4, 0.5) is 11.6 Å². The second-order valence-electron chi connectivity index (χ2n) is 6.75. The number of anilines is 2. The van der Waals surface area contributed by atoms with Gasteiger partial charge < -0.3 is 20.7 Å². The fourth-order valence-corrected chi connectivity index (χ4v) is 2.87. The Bertz CT molecular complexity index is 691. The Hall–Kier alpha value is -2.32. The molecule has 26 heavy (non-hydrogen) atoms. The molecule has 1 aliphatic rings. The van der Waals surface area contributed by atoms with E-state index >= 15 is 0 Å². The standard InChI is InChI=1S/C18H27N7O/c1-11-5-19-13(3)17(23-11)21-7-15-9-26-10-16(25-15)8-22-18-14(4)20-6-12(2)24-18/h5-6,15-16,25H,7-10H2,1-4H3,(H,21,23)(H,22,24). The van der Waals surface area contributed by atoms with Gasteiger partial charge in [-0.1, -0.05) is 0 Å². The van der Waals surface area contributed by atoms with Crippen LogP contribution in [-0.2, 0) is 4.74 Å². The fourth-order valence-electron chi connectivity index (χ4n) is 2.87. The van der Waals surface area contributed by atoms with Crippen LogP contribution in [0.2, 0.25) is 0 Å². The minimum Gasteiger partial charge on any atom is -0.378 e. The highest BCUT2D eigenvalue weighted by molar-refractivity contribution is 5.40. The Morgan fingerprint density at radius 3 is 1.81 bits per heavy atom. The number of hydrogen-bond acceptors (Lipinski definition) is 8. The van der Waals surface area contributed by atoms with Gasteiger partial charge in [-0.25, -0.2) is 9.97 Å². The molecule has 0 spiro atoms. The topological polar surface area (TPSA) is 96.9 Å². The highest BCUT2D eigenvalue weighted by Crippen LogP contribution is 2.11. The van der Waals surface area contributed by atoms with Crippen LogP contribution in [0, 0.1) is 27.7 Å². The summed E-state index contributed by atoms with van der Waals surface area (Å²) in [6.07, 6.45) is 3.56. The molecule has 2 atom stereocenters. The van der Waals surface area contributed by atoms with Crippen LogP contribution in [0.5, 0.6) is 0 Å². The van der Waals surface area contributed by atoms with Crippen LogP contribution in [0.1, 0.15) is 22.8 Å². The fraction of sp³-hybridized carbons (Fsp3) is 0.556. The van der Waals surface area contributed by atoms with Crippen molar-refractivity contribution >= 4 is 11.6 Å². The van der Waals surface area contributed by atoms with E-state index in [0.29, 0.717) is 13.2 Å². The maximum absolute atomic E-state index is 5.76. The lowest BCUT2D eigenvalue weighted by Gasteiger charge is -2.31. The molecule has 8 heteroatoms. The van der Waals surface area contributed by atoms with Crippen molar-refractivity contribution in [1.29, 1.82) is 0 Å². The predicted molar refractivity (Wildman–Crippen MR) is 102 cm³/mol. The van der Waals surface area contributed by atoms with Crippen LogP contribution >= 0.6 is 0 Å². The van der Waals surface area contributed by atoms with Gasteiger partial charge in [0.1, 0.15) is 11.6 Å². The van der Waals surface area contributed by atoms with Crippen molar-refractivity contribution in [3.05, 3.63) is 35.2 Å². The summed E-state index contributed by atoms with van der Waals surface area (Å²) in [7, 11) is 0. The Morgan fingerprint density at radius 1 is 0.885 bits per heavy atom. The van der Waals surface area contributed by atoms with Gasteiger partial charge in [0.2, 0.25) is 0 Å². The summed E-state index contributed by atoms with van der Waals surface area (Å²) in [6, 6.07) is 0.420. The zero-order valence-corrected chi connectivity index (χ0v) is 15.8. The van der Waals surface area contributed by atoms with Gasteiger partial charge >= 0.3 is 0 Å². The molecule has 0 aromatic carbocycles. The maximum atomic E-state index is 5.76. The van der Waals surface area contributed by atoms with E-state index in [2.05, 4.69) is 35.9 Å². The molecule has 3 heterocycles. The number of hydrogen-bond donors (Lipinski definition) is 3. The monoisotopic (exact) mass is 357 g/mol. The normalized spacial score (nSPS) is 20.0. The van der Waals surface area contributed by atoms with Gasteiger partial charge in [-0.3, -0.25) is 9.97 Å². The summed E-state index contributed by atoms with van der Waals surface area (Å²) >= 11 is 0. The first-order valence-electron chi connectivity index (χ1n) is 8.93. The summed E-state index contributed by atoms with van der Waals surface area (Å²) < 4.78 is 5.76. The first-order chi connectivity index (χ1) is 12.5. The van der Waals surface area contributed by atoms with E-state index in [1.54, 1.807) is 12.4 Å². The van der Waals surface area contributed by atoms with Crippen molar-refractivity contribution in [2.45, 2.75) is 39.8 Å². The average Bonchev–Trinajstić information content (AvgIpc) is 2.63. The Morgan fingerprint density at radius 2 is 1.35 bits per heavy atom.